The van der Waals surface area contributed by atoms with Crippen molar-refractivity contribution < 1.29 is 4.74 Å². The molecule has 1 aromatic rings. The summed E-state index contributed by atoms with van der Waals surface area (Å²) in [6.45, 7) is 1.93. The van der Waals surface area contributed by atoms with Crippen LogP contribution in [0, 0.1) is 11.3 Å². The molecule has 74 valence electrons. The minimum absolute atomic E-state index is 0.347. The van der Waals surface area contributed by atoms with E-state index in [2.05, 4.69) is 22.0 Å². The van der Waals surface area contributed by atoms with Crippen LogP contribution in [0.2, 0.25) is 0 Å². The van der Waals surface area contributed by atoms with E-state index in [1.54, 1.807) is 0 Å². The van der Waals surface area contributed by atoms with Crippen LogP contribution >= 0.6 is 15.9 Å². The number of hydrogen-bond donors (Lipinski definition) is 0. The third-order valence-corrected chi connectivity index (χ3v) is 2.49. The molecule has 0 aromatic heterocycles. The Morgan fingerprint density at radius 2 is 2.36 bits per heavy atom. The molecule has 0 amide bonds. The highest BCUT2D eigenvalue weighted by Crippen LogP contribution is 2.17. The van der Waals surface area contributed by atoms with Gasteiger partial charge in [-0.2, -0.15) is 5.26 Å². The maximum atomic E-state index is 8.73. The molecule has 0 radical (unpaired) electrons. The normalized spacial score (nSPS) is 11.8. The number of hydrogen-bond acceptors (Lipinski definition) is 2. The maximum absolute atomic E-state index is 8.73. The Bertz CT molecular complexity index is 332. The van der Waals surface area contributed by atoms with Crippen molar-refractivity contribution in [3.63, 3.8) is 0 Å². The molecule has 1 unspecified atom stereocenters. The fraction of sp³-hybridized carbons (Fsp3) is 0.364. The van der Waals surface area contributed by atoms with Gasteiger partial charge in [-0.1, -0.05) is 35.0 Å². The van der Waals surface area contributed by atoms with E-state index in [0.717, 1.165) is 16.6 Å². The Morgan fingerprint density at radius 1 is 1.57 bits per heavy atom. The summed E-state index contributed by atoms with van der Waals surface area (Å²) in [4.78, 5) is 0. The molecular formula is C11H12BrNO. The van der Waals surface area contributed by atoms with Crippen LogP contribution < -0.4 is 4.74 Å². The molecule has 1 rings (SSSR count). The summed E-state index contributed by atoms with van der Waals surface area (Å²) in [7, 11) is 0. The Balaban J connectivity index is 2.71. The van der Waals surface area contributed by atoms with Crippen molar-refractivity contribution in [2.45, 2.75) is 24.8 Å². The molecule has 0 aliphatic carbocycles. The van der Waals surface area contributed by atoms with Crippen molar-refractivity contribution in [2.24, 2.45) is 0 Å². The first-order valence-corrected chi connectivity index (χ1v) is 5.63. The number of nitriles is 1. The van der Waals surface area contributed by atoms with E-state index >= 15 is 0 Å². The van der Waals surface area contributed by atoms with E-state index in [9.17, 15) is 0 Å². The summed E-state index contributed by atoms with van der Waals surface area (Å²) in [6.07, 6.45) is 0.357. The van der Waals surface area contributed by atoms with E-state index in [4.69, 9.17) is 10.00 Å². The number of rotatable bonds is 4. The fourth-order valence-electron chi connectivity index (χ4n) is 1.07. The third-order valence-electron chi connectivity index (χ3n) is 1.85. The zero-order valence-electron chi connectivity index (χ0n) is 8.03. The molecule has 3 heteroatoms. The molecule has 1 atom stereocenters. The molecule has 0 aliphatic rings. The number of nitrogens with zero attached hydrogens (tertiary/aromatic N) is 1. The van der Waals surface area contributed by atoms with Gasteiger partial charge in [0.15, 0.2) is 6.10 Å². The van der Waals surface area contributed by atoms with Gasteiger partial charge in [-0.15, -0.1) is 0 Å². The first kappa shape index (κ1) is 11.1. The smallest absolute Gasteiger partial charge is 0.184 e. The third kappa shape index (κ3) is 3.04. The van der Waals surface area contributed by atoms with Gasteiger partial charge in [0.2, 0.25) is 0 Å². The highest BCUT2D eigenvalue weighted by Gasteiger charge is 2.05. The molecule has 2 nitrogen and oxygen atoms in total. The van der Waals surface area contributed by atoms with Crippen molar-refractivity contribution in [1.29, 1.82) is 5.26 Å². The summed E-state index contributed by atoms with van der Waals surface area (Å²) in [5.41, 5.74) is 1.15. The van der Waals surface area contributed by atoms with Gasteiger partial charge in [-0.25, -0.2) is 0 Å². The van der Waals surface area contributed by atoms with Gasteiger partial charge in [-0.3, -0.25) is 0 Å². The molecule has 0 saturated heterocycles. The van der Waals surface area contributed by atoms with Gasteiger partial charge >= 0.3 is 0 Å². The second-order valence-corrected chi connectivity index (χ2v) is 3.49. The molecule has 0 saturated carbocycles. The van der Waals surface area contributed by atoms with E-state index < -0.39 is 0 Å². The second kappa shape index (κ2) is 5.66. The second-order valence-electron chi connectivity index (χ2n) is 2.92. The van der Waals surface area contributed by atoms with E-state index in [0.29, 0.717) is 6.42 Å². The Morgan fingerprint density at radius 3 is 2.93 bits per heavy atom. The Labute approximate surface area is 92.6 Å². The quantitative estimate of drug-likeness (QED) is 0.772. The monoisotopic (exact) mass is 253 g/mol. The highest BCUT2D eigenvalue weighted by molar-refractivity contribution is 9.08. The fourth-order valence-corrected chi connectivity index (χ4v) is 1.42. The summed E-state index contributed by atoms with van der Waals surface area (Å²) in [5.74, 6) is 0.760. The van der Waals surface area contributed by atoms with Crippen LogP contribution in [0.4, 0.5) is 0 Å². The number of alkyl halides is 1. The predicted molar refractivity (Wildman–Crippen MR) is 59.4 cm³/mol. The summed E-state index contributed by atoms with van der Waals surface area (Å²) >= 11 is 3.37. The van der Waals surface area contributed by atoms with Crippen LogP contribution in [0.5, 0.6) is 5.75 Å². The van der Waals surface area contributed by atoms with Gasteiger partial charge < -0.3 is 4.74 Å². The van der Waals surface area contributed by atoms with Crippen LogP contribution in [0.15, 0.2) is 24.3 Å². The minimum atomic E-state index is -0.347. The van der Waals surface area contributed by atoms with Crippen LogP contribution in [0.25, 0.3) is 0 Å². The minimum Gasteiger partial charge on any atom is -0.476 e. The molecule has 0 bridgehead atoms. The van der Waals surface area contributed by atoms with Crippen molar-refractivity contribution in [3.05, 3.63) is 29.8 Å². The first-order valence-electron chi connectivity index (χ1n) is 4.51. The SMILES string of the molecule is CCC(C#N)Oc1cccc(CBr)c1. The van der Waals surface area contributed by atoms with E-state index in [1.165, 1.54) is 0 Å². The summed E-state index contributed by atoms with van der Waals surface area (Å²) in [6, 6.07) is 9.85. The molecular weight excluding hydrogens is 242 g/mol. The zero-order chi connectivity index (χ0) is 10.4. The molecule has 0 aliphatic heterocycles. The van der Waals surface area contributed by atoms with Gasteiger partial charge in [0.1, 0.15) is 11.8 Å². The van der Waals surface area contributed by atoms with Crippen LogP contribution in [-0.4, -0.2) is 6.10 Å². The van der Waals surface area contributed by atoms with Gasteiger partial charge in [0.05, 0.1) is 0 Å². The lowest BCUT2D eigenvalue weighted by atomic mass is 10.2. The first-order chi connectivity index (χ1) is 6.80. The molecule has 1 aromatic carbocycles. The molecule has 0 fully saturated rings. The Kier molecular flexibility index (Phi) is 4.48. The van der Waals surface area contributed by atoms with E-state index in [1.807, 2.05) is 31.2 Å². The average Bonchev–Trinajstić information content (AvgIpc) is 2.26. The van der Waals surface area contributed by atoms with Crippen molar-refractivity contribution in [2.75, 3.05) is 0 Å². The van der Waals surface area contributed by atoms with Crippen LogP contribution in [-0.2, 0) is 5.33 Å². The van der Waals surface area contributed by atoms with Gasteiger partial charge in [-0.05, 0) is 24.1 Å². The topological polar surface area (TPSA) is 33.0 Å². The molecule has 0 N–H and O–H groups in total. The summed E-state index contributed by atoms with van der Waals surface area (Å²) < 4.78 is 5.47. The number of ether oxygens (including phenoxy) is 1. The maximum Gasteiger partial charge on any atom is 0.184 e. The Hall–Kier alpha value is -1.01. The van der Waals surface area contributed by atoms with E-state index in [-0.39, 0.29) is 6.10 Å². The lowest BCUT2D eigenvalue weighted by molar-refractivity contribution is 0.252. The lowest BCUT2D eigenvalue weighted by Crippen LogP contribution is -2.12. The number of halogens is 1. The molecule has 0 heterocycles. The van der Waals surface area contributed by atoms with Crippen LogP contribution in [0.1, 0.15) is 18.9 Å². The number of benzene rings is 1. The highest BCUT2D eigenvalue weighted by atomic mass is 79.9. The largest absolute Gasteiger partial charge is 0.476 e. The molecule has 0 spiro atoms. The molecule has 14 heavy (non-hydrogen) atoms. The average molecular weight is 254 g/mol. The van der Waals surface area contributed by atoms with Gasteiger partial charge in [0.25, 0.3) is 0 Å². The van der Waals surface area contributed by atoms with Gasteiger partial charge in [0, 0.05) is 5.33 Å². The predicted octanol–water partition coefficient (Wildman–Crippen LogP) is 3.26. The lowest BCUT2D eigenvalue weighted by Gasteiger charge is -2.10. The zero-order valence-corrected chi connectivity index (χ0v) is 9.62. The standard InChI is InChI=1S/C11H12BrNO/c1-2-10(8-13)14-11-5-3-4-9(6-11)7-12/h3-6,10H,2,7H2,1H3. The van der Waals surface area contributed by atoms with Crippen molar-refractivity contribution in [1.82, 2.24) is 0 Å². The summed E-state index contributed by atoms with van der Waals surface area (Å²) in [5, 5.41) is 9.53. The van der Waals surface area contributed by atoms with Crippen LogP contribution in [0.3, 0.4) is 0 Å². The van der Waals surface area contributed by atoms with Crippen molar-refractivity contribution >= 4 is 15.9 Å². The van der Waals surface area contributed by atoms with Crippen molar-refractivity contribution in [3.8, 4) is 11.8 Å².